The largest absolute Gasteiger partial charge is 0.298 e. The average molecular weight is 490 g/mol. The summed E-state index contributed by atoms with van der Waals surface area (Å²) in [6.45, 7) is 7.11. The third kappa shape index (κ3) is 4.46. The van der Waals surface area contributed by atoms with E-state index in [1.54, 1.807) is 21.1 Å². The lowest BCUT2D eigenvalue weighted by Crippen LogP contribution is -2.35. The Morgan fingerprint density at radius 2 is 1.96 bits per heavy atom. The molecule has 0 radical (unpaired) electrons. The maximum Gasteiger partial charge on any atom is 0.243 e. The zero-order valence-corrected chi connectivity index (χ0v) is 19.6. The zero-order valence-electron chi connectivity index (χ0n) is 16.5. The van der Waals surface area contributed by atoms with Gasteiger partial charge >= 0.3 is 0 Å². The molecule has 154 valence electrons. The second-order valence-corrected chi connectivity index (χ2v) is 10.3. The van der Waals surface area contributed by atoms with Crippen molar-refractivity contribution >= 4 is 37.6 Å². The van der Waals surface area contributed by atoms with Crippen molar-refractivity contribution in [3.63, 3.8) is 0 Å². The van der Waals surface area contributed by atoms with Gasteiger partial charge in [-0.3, -0.25) is 9.58 Å². The molecule has 0 saturated carbocycles. The molecule has 9 heteroatoms. The number of rotatable bonds is 5. The summed E-state index contributed by atoms with van der Waals surface area (Å²) < 4.78 is 30.7. The number of halogens is 2. The maximum absolute atomic E-state index is 13.3. The summed E-state index contributed by atoms with van der Waals surface area (Å²) in [6.07, 6.45) is 1.46. The van der Waals surface area contributed by atoms with Crippen molar-refractivity contribution in [2.24, 2.45) is 7.05 Å². The summed E-state index contributed by atoms with van der Waals surface area (Å²) in [4.78, 5) is 2.67. The molecule has 2 aromatic rings. The fourth-order valence-electron chi connectivity index (χ4n) is 3.64. The second-order valence-electron chi connectivity index (χ2n) is 7.12. The molecule has 0 bridgehead atoms. The lowest BCUT2D eigenvalue weighted by atomic mass is 10.2. The highest BCUT2D eigenvalue weighted by Crippen LogP contribution is 2.26. The summed E-state index contributed by atoms with van der Waals surface area (Å²) in [5, 5.41) is 5.01. The Balaban J connectivity index is 1.76. The quantitative estimate of drug-likeness (QED) is 0.644. The number of nitrogens with zero attached hydrogens (tertiary/aromatic N) is 4. The van der Waals surface area contributed by atoms with Crippen molar-refractivity contribution in [1.82, 2.24) is 19.0 Å². The van der Waals surface area contributed by atoms with Crippen LogP contribution < -0.4 is 0 Å². The van der Waals surface area contributed by atoms with Crippen molar-refractivity contribution in [2.45, 2.75) is 38.1 Å². The summed E-state index contributed by atoms with van der Waals surface area (Å²) in [6, 6.07) is 5.40. The molecule has 1 fully saturated rings. The van der Waals surface area contributed by atoms with E-state index in [-0.39, 0.29) is 0 Å². The summed E-state index contributed by atoms with van der Waals surface area (Å²) in [5.74, 6) is 0. The van der Waals surface area contributed by atoms with E-state index in [2.05, 4.69) is 25.9 Å². The van der Waals surface area contributed by atoms with Crippen molar-refractivity contribution in [2.75, 3.05) is 26.2 Å². The number of sulfonamides is 1. The molecule has 0 amide bonds. The van der Waals surface area contributed by atoms with Gasteiger partial charge in [-0.1, -0.05) is 34.5 Å². The minimum Gasteiger partial charge on any atom is -0.298 e. The summed E-state index contributed by atoms with van der Waals surface area (Å²) in [7, 11) is -1.68. The van der Waals surface area contributed by atoms with Gasteiger partial charge in [0.25, 0.3) is 0 Å². The van der Waals surface area contributed by atoms with E-state index in [0.29, 0.717) is 42.6 Å². The Hall–Kier alpha value is -0.930. The number of aryl methyl sites for hydroxylation is 3. The fourth-order valence-corrected chi connectivity index (χ4v) is 6.02. The Morgan fingerprint density at radius 1 is 1.21 bits per heavy atom. The Kier molecular flexibility index (Phi) is 6.87. The molecular weight excluding hydrogens is 464 g/mol. The van der Waals surface area contributed by atoms with Gasteiger partial charge in [-0.05, 0) is 50.1 Å². The third-order valence-electron chi connectivity index (χ3n) is 5.22. The van der Waals surface area contributed by atoms with Gasteiger partial charge < -0.3 is 0 Å². The van der Waals surface area contributed by atoms with E-state index in [9.17, 15) is 8.42 Å². The molecule has 1 aromatic carbocycles. The van der Waals surface area contributed by atoms with Gasteiger partial charge in [0.05, 0.1) is 10.6 Å². The van der Waals surface area contributed by atoms with Crippen LogP contribution >= 0.6 is 27.5 Å². The van der Waals surface area contributed by atoms with E-state index in [0.717, 1.165) is 34.3 Å². The van der Waals surface area contributed by atoms with Gasteiger partial charge in [0.2, 0.25) is 10.0 Å². The monoisotopic (exact) mass is 488 g/mol. The van der Waals surface area contributed by atoms with Crippen molar-refractivity contribution < 1.29 is 8.42 Å². The topological polar surface area (TPSA) is 58.4 Å². The minimum absolute atomic E-state index is 0.415. The molecule has 0 N–H and O–H groups in total. The van der Waals surface area contributed by atoms with Gasteiger partial charge in [-0.15, -0.1) is 0 Å². The van der Waals surface area contributed by atoms with Crippen LogP contribution in [0.4, 0.5) is 0 Å². The normalized spacial score (nSPS) is 17.0. The molecule has 0 aliphatic carbocycles. The van der Waals surface area contributed by atoms with Crippen LogP contribution in [-0.2, 0) is 30.0 Å². The predicted molar refractivity (Wildman–Crippen MR) is 115 cm³/mol. The summed E-state index contributed by atoms with van der Waals surface area (Å²) in [5.41, 5.74) is 2.78. The van der Waals surface area contributed by atoms with E-state index >= 15 is 0 Å². The van der Waals surface area contributed by atoms with Crippen molar-refractivity contribution in [1.29, 1.82) is 0 Å². The molecule has 1 aliphatic rings. The third-order valence-corrected chi connectivity index (χ3v) is 8.19. The van der Waals surface area contributed by atoms with Crippen LogP contribution in [0.3, 0.4) is 0 Å². The highest BCUT2D eigenvalue weighted by atomic mass is 79.9. The molecular formula is C19H26BrClN4O2S. The Morgan fingerprint density at radius 3 is 2.61 bits per heavy atom. The molecule has 0 spiro atoms. The first-order chi connectivity index (χ1) is 13.2. The molecule has 1 aliphatic heterocycles. The van der Waals surface area contributed by atoms with Crippen LogP contribution in [0, 0.1) is 6.92 Å². The van der Waals surface area contributed by atoms with Crippen molar-refractivity contribution in [3.8, 4) is 0 Å². The highest BCUT2D eigenvalue weighted by Gasteiger charge is 2.29. The van der Waals surface area contributed by atoms with Gasteiger partial charge in [0.15, 0.2) is 0 Å². The van der Waals surface area contributed by atoms with Gasteiger partial charge in [-0.2, -0.15) is 9.40 Å². The van der Waals surface area contributed by atoms with E-state index in [1.165, 1.54) is 0 Å². The van der Waals surface area contributed by atoms with Crippen LogP contribution in [0.1, 0.15) is 30.2 Å². The van der Waals surface area contributed by atoms with Gasteiger partial charge in [-0.25, -0.2) is 8.42 Å². The lowest BCUT2D eigenvalue weighted by Gasteiger charge is -2.23. The SMILES string of the molecule is CCc1cc(Br)ccc1S(=O)(=O)N1CCCN(Cc2c(C)nn(C)c2Cl)CC1. The molecule has 0 unspecified atom stereocenters. The fraction of sp³-hybridized carbons (Fsp3) is 0.526. The molecule has 1 saturated heterocycles. The van der Waals surface area contributed by atoms with Crippen LogP contribution in [0.2, 0.25) is 5.15 Å². The predicted octanol–water partition coefficient (Wildman–Crippen LogP) is 3.60. The molecule has 2 heterocycles. The minimum atomic E-state index is -3.51. The molecule has 3 rings (SSSR count). The molecule has 6 nitrogen and oxygen atoms in total. The van der Waals surface area contributed by atoms with Gasteiger partial charge in [0.1, 0.15) is 5.15 Å². The van der Waals surface area contributed by atoms with E-state index in [4.69, 9.17) is 11.6 Å². The molecule has 1 aromatic heterocycles. The van der Waals surface area contributed by atoms with E-state index in [1.807, 2.05) is 27.0 Å². The molecule has 0 atom stereocenters. The first kappa shape index (κ1) is 21.8. The number of hydrogen-bond donors (Lipinski definition) is 0. The van der Waals surface area contributed by atoms with Crippen LogP contribution in [0.15, 0.2) is 27.6 Å². The average Bonchev–Trinajstić information content (AvgIpc) is 2.84. The number of hydrogen-bond acceptors (Lipinski definition) is 4. The first-order valence-corrected chi connectivity index (χ1v) is 12.0. The van der Waals surface area contributed by atoms with Crippen LogP contribution in [0.5, 0.6) is 0 Å². The Labute approximate surface area is 180 Å². The maximum atomic E-state index is 13.3. The number of aromatic nitrogens is 2. The Bertz CT molecular complexity index is 961. The van der Waals surface area contributed by atoms with Crippen LogP contribution in [-0.4, -0.2) is 53.6 Å². The molecule has 28 heavy (non-hydrogen) atoms. The van der Waals surface area contributed by atoms with Crippen LogP contribution in [0.25, 0.3) is 0 Å². The highest BCUT2D eigenvalue weighted by molar-refractivity contribution is 9.10. The smallest absolute Gasteiger partial charge is 0.243 e. The zero-order chi connectivity index (χ0) is 20.5. The van der Waals surface area contributed by atoms with Crippen molar-refractivity contribution in [3.05, 3.63) is 44.6 Å². The number of benzene rings is 1. The second kappa shape index (κ2) is 8.83. The lowest BCUT2D eigenvalue weighted by molar-refractivity contribution is 0.278. The van der Waals surface area contributed by atoms with E-state index < -0.39 is 10.0 Å². The standard InChI is InChI=1S/C19H26BrClN4O2S/c1-4-15-12-16(20)6-7-18(15)28(26,27)25-9-5-8-24(10-11-25)13-17-14(2)22-23(3)19(17)21/h6-7,12H,4-5,8-11,13H2,1-3H3. The van der Waals surface area contributed by atoms with Gasteiger partial charge in [0, 0.05) is 43.3 Å². The summed E-state index contributed by atoms with van der Waals surface area (Å²) >= 11 is 9.80. The first-order valence-electron chi connectivity index (χ1n) is 9.43.